The number of benzene rings is 2. The number of aryl methyl sites for hydroxylation is 2. The summed E-state index contributed by atoms with van der Waals surface area (Å²) in [7, 11) is 0. The molecule has 0 saturated carbocycles. The Balaban J connectivity index is 1.80. The van der Waals surface area contributed by atoms with E-state index in [1.165, 1.54) is 5.56 Å². The Kier molecular flexibility index (Phi) is 7.66. The van der Waals surface area contributed by atoms with E-state index in [0.717, 1.165) is 18.4 Å². The van der Waals surface area contributed by atoms with Crippen molar-refractivity contribution < 1.29 is 14.8 Å². The molecule has 0 spiro atoms. The van der Waals surface area contributed by atoms with Gasteiger partial charge in [0.05, 0.1) is 0 Å². The van der Waals surface area contributed by atoms with Crippen molar-refractivity contribution in [2.75, 3.05) is 6.54 Å². The van der Waals surface area contributed by atoms with E-state index >= 15 is 0 Å². The monoisotopic (exact) mass is 340 g/mol. The molecule has 0 radical (unpaired) electrons. The highest BCUT2D eigenvalue weighted by Gasteiger charge is 2.25. The van der Waals surface area contributed by atoms with Crippen LogP contribution in [0.2, 0.25) is 0 Å². The zero-order valence-electron chi connectivity index (χ0n) is 14.2. The fourth-order valence-corrected chi connectivity index (χ4v) is 2.69. The van der Waals surface area contributed by atoms with Crippen molar-refractivity contribution in [3.8, 4) is 0 Å². The second-order valence-electron chi connectivity index (χ2n) is 5.93. The second kappa shape index (κ2) is 10.3. The van der Waals surface area contributed by atoms with Crippen molar-refractivity contribution in [3.63, 3.8) is 0 Å². The standard InChI is InChI=1S/C20H24N2O3/c23-19(21-15-7-12-16-8-3-1-4-9-16)18(20(24)22-25)14-13-17-10-5-2-6-11-17/h1-6,8-11,18,25H,7,12-15H2,(H,21,23)(H,22,24). The first-order valence-corrected chi connectivity index (χ1v) is 8.50. The summed E-state index contributed by atoms with van der Waals surface area (Å²) in [6.45, 7) is 0.494. The molecule has 132 valence electrons. The lowest BCUT2D eigenvalue weighted by molar-refractivity contribution is -0.140. The largest absolute Gasteiger partial charge is 0.355 e. The van der Waals surface area contributed by atoms with E-state index in [4.69, 9.17) is 5.21 Å². The fraction of sp³-hybridized carbons (Fsp3) is 0.300. The number of carbonyl (C=O) groups is 2. The van der Waals surface area contributed by atoms with Gasteiger partial charge in [-0.25, -0.2) is 5.48 Å². The highest BCUT2D eigenvalue weighted by Crippen LogP contribution is 2.11. The van der Waals surface area contributed by atoms with Gasteiger partial charge >= 0.3 is 0 Å². The van der Waals surface area contributed by atoms with E-state index < -0.39 is 11.8 Å². The van der Waals surface area contributed by atoms with Crippen molar-refractivity contribution in [3.05, 3.63) is 71.8 Å². The highest BCUT2D eigenvalue weighted by atomic mass is 16.5. The molecule has 5 heteroatoms. The molecule has 0 fully saturated rings. The first-order chi connectivity index (χ1) is 12.2. The minimum Gasteiger partial charge on any atom is -0.355 e. The maximum Gasteiger partial charge on any atom is 0.255 e. The molecule has 1 unspecified atom stereocenters. The molecule has 0 aromatic heterocycles. The van der Waals surface area contributed by atoms with E-state index in [0.29, 0.717) is 19.4 Å². The van der Waals surface area contributed by atoms with E-state index in [-0.39, 0.29) is 5.91 Å². The first-order valence-electron chi connectivity index (χ1n) is 8.50. The number of nitrogens with one attached hydrogen (secondary N) is 2. The molecule has 25 heavy (non-hydrogen) atoms. The SMILES string of the molecule is O=C(NO)C(CCc1ccccc1)C(=O)NCCCc1ccccc1. The van der Waals surface area contributed by atoms with Gasteiger partial charge in [-0.3, -0.25) is 14.8 Å². The predicted octanol–water partition coefficient (Wildman–Crippen LogP) is 2.49. The summed E-state index contributed by atoms with van der Waals surface area (Å²) in [6.07, 6.45) is 2.60. The number of rotatable bonds is 9. The van der Waals surface area contributed by atoms with Crippen LogP contribution >= 0.6 is 0 Å². The molecule has 1 atom stereocenters. The van der Waals surface area contributed by atoms with Crippen molar-refractivity contribution in [2.45, 2.75) is 25.7 Å². The Labute approximate surface area is 148 Å². The number of hydroxylamine groups is 1. The van der Waals surface area contributed by atoms with E-state index in [1.54, 1.807) is 5.48 Å². The molecule has 0 saturated heterocycles. The lowest BCUT2D eigenvalue weighted by Crippen LogP contribution is -2.41. The summed E-state index contributed by atoms with van der Waals surface area (Å²) in [5.74, 6) is -1.92. The van der Waals surface area contributed by atoms with Crippen LogP contribution in [-0.4, -0.2) is 23.6 Å². The molecular formula is C20H24N2O3. The number of carbonyl (C=O) groups excluding carboxylic acids is 2. The van der Waals surface area contributed by atoms with Crippen LogP contribution in [0.4, 0.5) is 0 Å². The zero-order chi connectivity index (χ0) is 17.9. The summed E-state index contributed by atoms with van der Waals surface area (Å²) in [6, 6.07) is 19.7. The molecule has 5 nitrogen and oxygen atoms in total. The van der Waals surface area contributed by atoms with Gasteiger partial charge in [0.1, 0.15) is 5.92 Å². The summed E-state index contributed by atoms with van der Waals surface area (Å²) >= 11 is 0. The Bertz CT molecular complexity index is 659. The quantitative estimate of drug-likeness (QED) is 0.284. The normalized spacial score (nSPS) is 11.6. The average Bonchev–Trinajstić information content (AvgIpc) is 2.66. The van der Waals surface area contributed by atoms with Gasteiger partial charge in [-0.1, -0.05) is 60.7 Å². The Morgan fingerprint density at radius 1 is 0.840 bits per heavy atom. The molecule has 2 aromatic rings. The third-order valence-corrected chi connectivity index (χ3v) is 4.09. The van der Waals surface area contributed by atoms with Gasteiger partial charge < -0.3 is 5.32 Å². The van der Waals surface area contributed by atoms with Gasteiger partial charge in [0, 0.05) is 6.54 Å². The highest BCUT2D eigenvalue weighted by molar-refractivity contribution is 5.99. The average molecular weight is 340 g/mol. The van der Waals surface area contributed by atoms with Crippen molar-refractivity contribution in [1.29, 1.82) is 0 Å². The summed E-state index contributed by atoms with van der Waals surface area (Å²) < 4.78 is 0. The molecule has 0 heterocycles. The van der Waals surface area contributed by atoms with Crippen LogP contribution in [0.1, 0.15) is 24.0 Å². The topological polar surface area (TPSA) is 78.4 Å². The van der Waals surface area contributed by atoms with Gasteiger partial charge in [0.25, 0.3) is 5.91 Å². The van der Waals surface area contributed by atoms with Crippen LogP contribution in [0, 0.1) is 5.92 Å². The number of hydrogen-bond donors (Lipinski definition) is 3. The summed E-state index contributed by atoms with van der Waals surface area (Å²) in [4.78, 5) is 24.1. The second-order valence-corrected chi connectivity index (χ2v) is 5.93. The summed E-state index contributed by atoms with van der Waals surface area (Å²) in [5, 5.41) is 11.7. The number of hydrogen-bond acceptors (Lipinski definition) is 3. The van der Waals surface area contributed by atoms with Gasteiger partial charge in [-0.2, -0.15) is 0 Å². The van der Waals surface area contributed by atoms with Gasteiger partial charge in [0.2, 0.25) is 5.91 Å². The van der Waals surface area contributed by atoms with Crippen LogP contribution in [-0.2, 0) is 22.4 Å². The van der Waals surface area contributed by atoms with Crippen LogP contribution in [0.5, 0.6) is 0 Å². The molecule has 2 aromatic carbocycles. The summed E-state index contributed by atoms with van der Waals surface area (Å²) in [5.41, 5.74) is 3.86. The number of amides is 2. The van der Waals surface area contributed by atoms with Gasteiger partial charge in [-0.05, 0) is 36.8 Å². The maximum atomic E-state index is 12.3. The smallest absolute Gasteiger partial charge is 0.255 e. The minimum atomic E-state index is -0.901. The van der Waals surface area contributed by atoms with E-state index in [9.17, 15) is 9.59 Å². The third kappa shape index (κ3) is 6.39. The molecule has 0 aliphatic rings. The Morgan fingerprint density at radius 3 is 1.96 bits per heavy atom. The Morgan fingerprint density at radius 2 is 1.40 bits per heavy atom. The van der Waals surface area contributed by atoms with E-state index in [1.807, 2.05) is 60.7 Å². The molecule has 2 rings (SSSR count). The van der Waals surface area contributed by atoms with Crippen LogP contribution < -0.4 is 10.8 Å². The van der Waals surface area contributed by atoms with Crippen molar-refractivity contribution in [1.82, 2.24) is 10.8 Å². The fourth-order valence-electron chi connectivity index (χ4n) is 2.69. The molecule has 0 bridgehead atoms. The van der Waals surface area contributed by atoms with E-state index in [2.05, 4.69) is 5.32 Å². The maximum absolute atomic E-state index is 12.3. The molecule has 0 aliphatic heterocycles. The van der Waals surface area contributed by atoms with Crippen molar-refractivity contribution in [2.24, 2.45) is 5.92 Å². The van der Waals surface area contributed by atoms with Crippen molar-refractivity contribution >= 4 is 11.8 Å². The van der Waals surface area contributed by atoms with Gasteiger partial charge in [-0.15, -0.1) is 0 Å². The molecule has 2 amide bonds. The zero-order valence-corrected chi connectivity index (χ0v) is 14.2. The van der Waals surface area contributed by atoms with Gasteiger partial charge in [0.15, 0.2) is 0 Å². The molecule has 3 N–H and O–H groups in total. The minimum absolute atomic E-state index is 0.348. The lowest BCUT2D eigenvalue weighted by atomic mass is 9.98. The molecule has 0 aliphatic carbocycles. The van der Waals surface area contributed by atoms with Crippen LogP contribution in [0.15, 0.2) is 60.7 Å². The van der Waals surface area contributed by atoms with Crippen LogP contribution in [0.25, 0.3) is 0 Å². The third-order valence-electron chi connectivity index (χ3n) is 4.09. The first kappa shape index (κ1) is 18.7. The molecular weight excluding hydrogens is 316 g/mol. The lowest BCUT2D eigenvalue weighted by Gasteiger charge is -2.15. The van der Waals surface area contributed by atoms with Crippen LogP contribution in [0.3, 0.4) is 0 Å². The Hall–Kier alpha value is -2.66. The predicted molar refractivity (Wildman–Crippen MR) is 96.0 cm³/mol.